The predicted octanol–water partition coefficient (Wildman–Crippen LogP) is 6.27. The van der Waals surface area contributed by atoms with Crippen LogP contribution in [0.15, 0.2) is 30.3 Å². The highest BCUT2D eigenvalue weighted by Gasteiger charge is 2.49. The molecule has 1 aromatic heterocycles. The molecule has 1 N–H and O–H groups in total. The Labute approximate surface area is 262 Å². The molecule has 3 aromatic carbocycles. The Hall–Kier alpha value is -4.01. The van der Waals surface area contributed by atoms with Crippen molar-refractivity contribution in [1.82, 2.24) is 20.2 Å². The van der Waals surface area contributed by atoms with Gasteiger partial charge in [-0.25, -0.2) is 22.0 Å². The fourth-order valence-corrected chi connectivity index (χ4v) is 8.40. The Kier molecular flexibility index (Phi) is 6.71. The molecule has 4 aromatic rings. The summed E-state index contributed by atoms with van der Waals surface area (Å²) >= 11 is 0. The Balaban J connectivity index is 1.32. The number of anilines is 1. The van der Waals surface area contributed by atoms with E-state index in [0.29, 0.717) is 37.3 Å². The lowest BCUT2D eigenvalue weighted by Gasteiger charge is -2.40. The Morgan fingerprint density at radius 2 is 1.85 bits per heavy atom. The normalized spacial score (nSPS) is 27.5. The molecule has 4 atom stereocenters. The Bertz CT molecular complexity index is 1960. The van der Waals surface area contributed by atoms with E-state index >= 15 is 13.2 Å². The largest absolute Gasteiger partial charge is 0.461 e. The van der Waals surface area contributed by atoms with Gasteiger partial charge in [0.2, 0.25) is 0 Å². The molecule has 0 amide bonds. The van der Waals surface area contributed by atoms with Crippen molar-refractivity contribution in [3.05, 3.63) is 59.2 Å². The summed E-state index contributed by atoms with van der Waals surface area (Å²) in [4.78, 5) is 13.2. The summed E-state index contributed by atoms with van der Waals surface area (Å²) in [6.07, 6.45) is 8.50. The molecule has 0 spiro atoms. The second-order valence-electron chi connectivity index (χ2n) is 13.5. The van der Waals surface area contributed by atoms with Crippen molar-refractivity contribution in [2.45, 2.75) is 62.3 Å². The first-order valence-corrected chi connectivity index (χ1v) is 15.7. The molecule has 4 fully saturated rings. The number of fused-ring (bicyclic) bond motifs is 5. The second-order valence-corrected chi connectivity index (χ2v) is 13.5. The van der Waals surface area contributed by atoms with Crippen LogP contribution in [0.3, 0.4) is 0 Å². The van der Waals surface area contributed by atoms with Crippen LogP contribution in [0.25, 0.3) is 32.8 Å². The summed E-state index contributed by atoms with van der Waals surface area (Å²) in [6, 6.07) is 6.11. The summed E-state index contributed by atoms with van der Waals surface area (Å²) in [5, 5.41) is 3.93. The standard InChI is InChI=1S/C35H32F5N5O/c1-3-22-24(37)7-5-19-6-8-25(38)28(27(19)22)29-26(39)13-23-31(30(29)40)41-33(46-18-35-10-4-12-45(35)15-20(36)14-35)42-32(23)44-16-21-9-11-34(2,17-44)43-21/h1,5-8,13,20-21,43H,4,9-12,14-18H2,2H3/t20-,21?,34+,35+/m1/s1. The van der Waals surface area contributed by atoms with Crippen LogP contribution < -0.4 is 15.0 Å². The Morgan fingerprint density at radius 1 is 1.04 bits per heavy atom. The molecule has 6 nitrogen and oxygen atoms in total. The zero-order chi connectivity index (χ0) is 32.0. The number of ether oxygens (including phenoxy) is 1. The molecular weight excluding hydrogens is 601 g/mol. The van der Waals surface area contributed by atoms with Crippen LogP contribution in [0.2, 0.25) is 0 Å². The fourth-order valence-electron chi connectivity index (χ4n) is 8.40. The molecule has 0 saturated carbocycles. The van der Waals surface area contributed by atoms with Gasteiger partial charge in [-0.1, -0.05) is 18.1 Å². The van der Waals surface area contributed by atoms with Crippen molar-refractivity contribution in [3.63, 3.8) is 0 Å². The van der Waals surface area contributed by atoms with E-state index in [9.17, 15) is 8.78 Å². The minimum Gasteiger partial charge on any atom is -0.461 e. The average molecular weight is 634 g/mol. The van der Waals surface area contributed by atoms with Crippen LogP contribution in [0, 0.1) is 35.6 Å². The van der Waals surface area contributed by atoms with Crippen LogP contribution in [-0.2, 0) is 0 Å². The van der Waals surface area contributed by atoms with Gasteiger partial charge in [-0.15, -0.1) is 6.42 Å². The lowest BCUT2D eigenvalue weighted by atomic mass is 9.92. The number of terminal acetylenes is 1. The van der Waals surface area contributed by atoms with E-state index in [1.807, 2.05) is 4.90 Å². The molecular formula is C35H32F5N5O. The van der Waals surface area contributed by atoms with E-state index in [1.54, 1.807) is 0 Å². The average Bonchev–Trinajstić information content (AvgIpc) is 3.64. The minimum absolute atomic E-state index is 0.102. The molecule has 1 unspecified atom stereocenters. The van der Waals surface area contributed by atoms with E-state index in [4.69, 9.17) is 16.1 Å². The van der Waals surface area contributed by atoms with Gasteiger partial charge in [0.1, 0.15) is 41.6 Å². The lowest BCUT2D eigenvalue weighted by Crippen LogP contribution is -2.58. The topological polar surface area (TPSA) is 53.5 Å². The number of nitrogens with one attached hydrogen (secondary N) is 1. The monoisotopic (exact) mass is 633 g/mol. The van der Waals surface area contributed by atoms with E-state index in [0.717, 1.165) is 50.4 Å². The van der Waals surface area contributed by atoms with Crippen molar-refractivity contribution in [3.8, 4) is 29.5 Å². The second kappa shape index (κ2) is 10.5. The van der Waals surface area contributed by atoms with Crippen LogP contribution in [0.4, 0.5) is 27.8 Å². The fraction of sp³-hybridized carbons (Fsp3) is 0.429. The highest BCUT2D eigenvalue weighted by Crippen LogP contribution is 2.43. The summed E-state index contributed by atoms with van der Waals surface area (Å²) < 4.78 is 84.1. The van der Waals surface area contributed by atoms with Gasteiger partial charge in [-0.3, -0.25) is 4.90 Å². The van der Waals surface area contributed by atoms with Gasteiger partial charge in [0.05, 0.1) is 16.7 Å². The molecule has 8 rings (SSSR count). The first-order chi connectivity index (χ1) is 22.1. The maximum atomic E-state index is 16.8. The molecule has 5 heterocycles. The van der Waals surface area contributed by atoms with Gasteiger partial charge in [-0.05, 0) is 62.7 Å². The molecule has 4 saturated heterocycles. The van der Waals surface area contributed by atoms with Crippen LogP contribution in [0.1, 0.15) is 44.6 Å². The summed E-state index contributed by atoms with van der Waals surface area (Å²) in [5.41, 5.74) is -2.49. The quantitative estimate of drug-likeness (QED) is 0.207. The maximum absolute atomic E-state index is 16.8. The molecule has 0 radical (unpaired) electrons. The van der Waals surface area contributed by atoms with Gasteiger partial charge < -0.3 is 15.0 Å². The number of piperazine rings is 1. The SMILES string of the molecule is C#Cc1c(F)ccc2ccc(F)c(-c3c(F)cc4c(N5CC6CC[C@@](C)(C5)N6)nc(OC[C@@]56CCCN5C[C@H](F)C6)nc4c3F)c12. The third kappa shape index (κ3) is 4.52. The molecule has 4 aliphatic heterocycles. The third-order valence-electron chi connectivity index (χ3n) is 10.4. The number of aromatic nitrogens is 2. The van der Waals surface area contributed by atoms with Crippen LogP contribution in [-0.4, -0.2) is 70.9 Å². The zero-order valence-corrected chi connectivity index (χ0v) is 25.3. The molecule has 46 heavy (non-hydrogen) atoms. The molecule has 4 aliphatic rings. The first kappa shape index (κ1) is 29.4. The van der Waals surface area contributed by atoms with Crippen molar-refractivity contribution in [2.24, 2.45) is 0 Å². The van der Waals surface area contributed by atoms with Crippen LogP contribution >= 0.6 is 0 Å². The number of nitrogens with zero attached hydrogens (tertiary/aromatic N) is 4. The third-order valence-corrected chi connectivity index (χ3v) is 10.4. The highest BCUT2D eigenvalue weighted by atomic mass is 19.1. The van der Waals surface area contributed by atoms with E-state index in [2.05, 4.69) is 28.0 Å². The van der Waals surface area contributed by atoms with E-state index in [1.165, 1.54) is 12.1 Å². The minimum atomic E-state index is -1.14. The van der Waals surface area contributed by atoms with Crippen molar-refractivity contribution in [2.75, 3.05) is 37.7 Å². The molecule has 2 bridgehead atoms. The zero-order valence-electron chi connectivity index (χ0n) is 25.3. The van der Waals surface area contributed by atoms with Gasteiger partial charge in [-0.2, -0.15) is 9.97 Å². The maximum Gasteiger partial charge on any atom is 0.319 e. The van der Waals surface area contributed by atoms with Gasteiger partial charge in [0.25, 0.3) is 0 Å². The summed E-state index contributed by atoms with van der Waals surface area (Å²) in [7, 11) is 0. The summed E-state index contributed by atoms with van der Waals surface area (Å²) in [5.74, 6) is -1.46. The highest BCUT2D eigenvalue weighted by molar-refractivity contribution is 6.03. The smallest absolute Gasteiger partial charge is 0.319 e. The first-order valence-electron chi connectivity index (χ1n) is 15.7. The molecule has 0 aliphatic carbocycles. The Morgan fingerprint density at radius 3 is 2.63 bits per heavy atom. The summed E-state index contributed by atoms with van der Waals surface area (Å²) in [6.45, 7) is 4.40. The lowest BCUT2D eigenvalue weighted by molar-refractivity contribution is 0.107. The number of alkyl halides is 1. The van der Waals surface area contributed by atoms with E-state index < -0.39 is 46.1 Å². The number of hydrogen-bond acceptors (Lipinski definition) is 6. The number of hydrogen-bond donors (Lipinski definition) is 1. The number of rotatable bonds is 5. The molecule has 11 heteroatoms. The molecule has 238 valence electrons. The van der Waals surface area contributed by atoms with Crippen molar-refractivity contribution in [1.29, 1.82) is 0 Å². The predicted molar refractivity (Wildman–Crippen MR) is 166 cm³/mol. The number of halogens is 5. The van der Waals surface area contributed by atoms with Gasteiger partial charge >= 0.3 is 6.01 Å². The number of benzene rings is 3. The van der Waals surface area contributed by atoms with Crippen molar-refractivity contribution < 1.29 is 26.7 Å². The van der Waals surface area contributed by atoms with Gasteiger partial charge in [0.15, 0.2) is 5.82 Å². The van der Waals surface area contributed by atoms with Gasteiger partial charge in [0, 0.05) is 54.0 Å². The van der Waals surface area contributed by atoms with Crippen LogP contribution in [0.5, 0.6) is 6.01 Å². The van der Waals surface area contributed by atoms with E-state index in [-0.39, 0.29) is 46.1 Å². The van der Waals surface area contributed by atoms with Crippen molar-refractivity contribution >= 4 is 27.5 Å².